The molecule has 0 saturated heterocycles. The van der Waals surface area contributed by atoms with E-state index >= 15 is 0 Å². The maximum Gasteiger partial charge on any atom is 0.348 e. The van der Waals surface area contributed by atoms with E-state index in [2.05, 4.69) is 4.98 Å². The van der Waals surface area contributed by atoms with Gasteiger partial charge in [0.1, 0.15) is 15.3 Å². The molecule has 2 rings (SSSR count). The van der Waals surface area contributed by atoms with Gasteiger partial charge in [0.2, 0.25) is 0 Å². The van der Waals surface area contributed by atoms with Crippen LogP contribution in [0.4, 0.5) is 0 Å². The lowest BCUT2D eigenvalue weighted by molar-refractivity contribution is -0.166. The van der Waals surface area contributed by atoms with Gasteiger partial charge in [-0.15, -0.1) is 11.3 Å². The zero-order valence-corrected chi connectivity index (χ0v) is 18.0. The van der Waals surface area contributed by atoms with E-state index in [9.17, 15) is 19.2 Å². The standard InChI is InChI=1S/C19H26N2O6S/c1-8-26-15(23)12-10(2)11-13(28-12)20-17(25)21(14(11)22)9-19(6,7)16(24)27-18(3,4)5/h8-9H2,1-7H3,(H,20,25). The predicted octanol–water partition coefficient (Wildman–Crippen LogP) is 2.60. The highest BCUT2D eigenvalue weighted by Gasteiger charge is 2.34. The number of nitrogens with zero attached hydrogens (tertiary/aromatic N) is 1. The van der Waals surface area contributed by atoms with E-state index in [0.29, 0.717) is 10.4 Å². The number of fused-ring (bicyclic) bond motifs is 1. The highest BCUT2D eigenvalue weighted by Crippen LogP contribution is 2.28. The fourth-order valence-corrected chi connectivity index (χ4v) is 3.74. The van der Waals surface area contributed by atoms with E-state index in [1.807, 2.05) is 0 Å². The maximum absolute atomic E-state index is 13.0. The van der Waals surface area contributed by atoms with Crippen molar-refractivity contribution in [2.75, 3.05) is 6.61 Å². The van der Waals surface area contributed by atoms with Crippen molar-refractivity contribution in [1.82, 2.24) is 9.55 Å². The summed E-state index contributed by atoms with van der Waals surface area (Å²) in [7, 11) is 0. The molecular formula is C19H26N2O6S. The van der Waals surface area contributed by atoms with Crippen LogP contribution in [0.1, 0.15) is 56.8 Å². The Morgan fingerprint density at radius 2 is 1.75 bits per heavy atom. The summed E-state index contributed by atoms with van der Waals surface area (Å²) in [5.74, 6) is -1.05. The average Bonchev–Trinajstić information content (AvgIpc) is 2.86. The average molecular weight is 410 g/mol. The first-order valence-electron chi connectivity index (χ1n) is 8.95. The number of carbonyl (C=O) groups excluding carboxylic acids is 2. The molecule has 9 heteroatoms. The van der Waals surface area contributed by atoms with E-state index in [1.54, 1.807) is 48.5 Å². The molecule has 1 N–H and O–H groups in total. The first-order valence-corrected chi connectivity index (χ1v) is 9.77. The lowest BCUT2D eigenvalue weighted by atomic mass is 9.93. The molecule has 0 aliphatic heterocycles. The number of ether oxygens (including phenoxy) is 2. The van der Waals surface area contributed by atoms with Crippen LogP contribution in [0.5, 0.6) is 0 Å². The fourth-order valence-electron chi connectivity index (χ4n) is 2.66. The summed E-state index contributed by atoms with van der Waals surface area (Å²) >= 11 is 1.01. The number of thiophene rings is 1. The topological polar surface area (TPSA) is 107 Å². The van der Waals surface area contributed by atoms with Gasteiger partial charge >= 0.3 is 17.6 Å². The second-order valence-corrected chi connectivity index (χ2v) is 9.21. The zero-order chi connectivity index (χ0) is 21.4. The Morgan fingerprint density at radius 1 is 1.14 bits per heavy atom. The SMILES string of the molecule is CCOC(=O)c1sc2[nH]c(=O)n(CC(C)(C)C(=O)OC(C)(C)C)c(=O)c2c1C. The van der Waals surface area contributed by atoms with Gasteiger partial charge in [0.15, 0.2) is 0 Å². The van der Waals surface area contributed by atoms with Crippen molar-refractivity contribution in [3.8, 4) is 0 Å². The van der Waals surface area contributed by atoms with E-state index < -0.39 is 34.2 Å². The third kappa shape index (κ3) is 4.35. The minimum absolute atomic E-state index is 0.157. The Hall–Kier alpha value is -2.42. The highest BCUT2D eigenvalue weighted by molar-refractivity contribution is 7.20. The minimum Gasteiger partial charge on any atom is -0.462 e. The molecule has 0 fully saturated rings. The van der Waals surface area contributed by atoms with E-state index in [0.717, 1.165) is 15.9 Å². The molecule has 8 nitrogen and oxygen atoms in total. The van der Waals surface area contributed by atoms with Gasteiger partial charge in [-0.05, 0) is 54.0 Å². The molecule has 2 aromatic heterocycles. The Bertz CT molecular complexity index is 1040. The normalized spacial score (nSPS) is 12.2. The van der Waals surface area contributed by atoms with Gasteiger partial charge in [0.25, 0.3) is 5.56 Å². The summed E-state index contributed by atoms with van der Waals surface area (Å²) in [6.07, 6.45) is 0. The first-order chi connectivity index (χ1) is 12.8. The van der Waals surface area contributed by atoms with Gasteiger partial charge in [-0.2, -0.15) is 0 Å². The summed E-state index contributed by atoms with van der Waals surface area (Å²) in [6.45, 7) is 11.8. The van der Waals surface area contributed by atoms with Crippen LogP contribution < -0.4 is 11.2 Å². The van der Waals surface area contributed by atoms with Crippen molar-refractivity contribution in [2.45, 2.75) is 60.6 Å². The molecule has 0 atom stereocenters. The first kappa shape index (κ1) is 21.9. The van der Waals surface area contributed by atoms with Gasteiger partial charge in [-0.25, -0.2) is 9.59 Å². The number of nitrogens with one attached hydrogen (secondary N) is 1. The van der Waals surface area contributed by atoms with Crippen LogP contribution in [-0.4, -0.2) is 33.7 Å². The number of aromatic amines is 1. The van der Waals surface area contributed by atoms with Crippen molar-refractivity contribution in [1.29, 1.82) is 0 Å². The number of hydrogen-bond acceptors (Lipinski definition) is 7. The van der Waals surface area contributed by atoms with Gasteiger partial charge in [0.05, 0.1) is 17.4 Å². The number of esters is 2. The fraction of sp³-hybridized carbons (Fsp3) is 0.579. The monoisotopic (exact) mass is 410 g/mol. The van der Waals surface area contributed by atoms with Gasteiger partial charge in [-0.1, -0.05) is 0 Å². The van der Waals surface area contributed by atoms with Crippen molar-refractivity contribution < 1.29 is 19.1 Å². The molecule has 0 aliphatic carbocycles. The molecule has 28 heavy (non-hydrogen) atoms. The third-order valence-electron chi connectivity index (χ3n) is 4.04. The van der Waals surface area contributed by atoms with E-state index in [1.165, 1.54) is 0 Å². The molecule has 154 valence electrons. The molecule has 0 spiro atoms. The maximum atomic E-state index is 13.0. The van der Waals surface area contributed by atoms with Crippen molar-refractivity contribution in [2.24, 2.45) is 5.41 Å². The molecule has 0 amide bonds. The summed E-state index contributed by atoms with van der Waals surface area (Å²) in [4.78, 5) is 53.3. The van der Waals surface area contributed by atoms with E-state index in [4.69, 9.17) is 9.47 Å². The van der Waals surface area contributed by atoms with Crippen molar-refractivity contribution in [3.05, 3.63) is 31.3 Å². The van der Waals surface area contributed by atoms with Gasteiger partial charge in [-0.3, -0.25) is 19.1 Å². The Morgan fingerprint density at radius 3 is 2.29 bits per heavy atom. The predicted molar refractivity (Wildman–Crippen MR) is 107 cm³/mol. The van der Waals surface area contributed by atoms with Gasteiger partial charge in [0, 0.05) is 6.54 Å². The Labute approximate surface area is 166 Å². The molecule has 2 heterocycles. The molecule has 0 unspecified atom stereocenters. The second kappa shape index (κ2) is 7.54. The summed E-state index contributed by atoms with van der Waals surface area (Å²) in [5, 5.41) is 0.243. The largest absolute Gasteiger partial charge is 0.462 e. The zero-order valence-electron chi connectivity index (χ0n) is 17.2. The number of H-pyrrole nitrogens is 1. The Balaban J connectivity index is 2.53. The molecule has 0 aromatic carbocycles. The second-order valence-electron chi connectivity index (χ2n) is 8.19. The van der Waals surface area contributed by atoms with Crippen LogP contribution in [0.2, 0.25) is 0 Å². The van der Waals surface area contributed by atoms with Gasteiger partial charge < -0.3 is 9.47 Å². The smallest absolute Gasteiger partial charge is 0.348 e. The lowest BCUT2D eigenvalue weighted by Crippen LogP contribution is -2.43. The molecule has 0 radical (unpaired) electrons. The Kier molecular flexibility index (Phi) is 5.89. The number of aromatic nitrogens is 2. The minimum atomic E-state index is -1.11. The van der Waals surface area contributed by atoms with Crippen LogP contribution in [0.3, 0.4) is 0 Å². The lowest BCUT2D eigenvalue weighted by Gasteiger charge is -2.28. The molecular weight excluding hydrogens is 384 g/mol. The van der Waals surface area contributed by atoms with E-state index in [-0.39, 0.29) is 23.4 Å². The molecule has 0 saturated carbocycles. The molecule has 2 aromatic rings. The molecule has 0 bridgehead atoms. The van der Waals surface area contributed by atoms with Crippen LogP contribution in [0.15, 0.2) is 9.59 Å². The number of rotatable bonds is 5. The van der Waals surface area contributed by atoms with Crippen LogP contribution in [0.25, 0.3) is 10.2 Å². The van der Waals surface area contributed by atoms with Crippen molar-refractivity contribution in [3.63, 3.8) is 0 Å². The van der Waals surface area contributed by atoms with Crippen LogP contribution >= 0.6 is 11.3 Å². The number of carbonyl (C=O) groups is 2. The number of hydrogen-bond donors (Lipinski definition) is 1. The van der Waals surface area contributed by atoms with Crippen LogP contribution in [0, 0.1) is 12.3 Å². The molecule has 0 aliphatic rings. The highest BCUT2D eigenvalue weighted by atomic mass is 32.1. The summed E-state index contributed by atoms with van der Waals surface area (Å²) < 4.78 is 11.4. The quantitative estimate of drug-likeness (QED) is 0.759. The third-order valence-corrected chi connectivity index (χ3v) is 5.22. The summed E-state index contributed by atoms with van der Waals surface area (Å²) in [5.41, 5.74) is -2.55. The van der Waals surface area contributed by atoms with Crippen molar-refractivity contribution >= 4 is 33.5 Å². The summed E-state index contributed by atoms with van der Waals surface area (Å²) in [6, 6.07) is 0. The number of aryl methyl sites for hydroxylation is 1. The van der Waals surface area contributed by atoms with Crippen LogP contribution in [-0.2, 0) is 20.8 Å².